The highest BCUT2D eigenvalue weighted by atomic mass is 16.5. The van der Waals surface area contributed by atoms with Crippen LogP contribution in [0.5, 0.6) is 5.88 Å². The summed E-state index contributed by atoms with van der Waals surface area (Å²) in [6.07, 6.45) is 5.16. The number of methoxy groups -OCH3 is 1. The molecule has 0 bridgehead atoms. The van der Waals surface area contributed by atoms with Gasteiger partial charge in [0.05, 0.1) is 19.0 Å². The highest BCUT2D eigenvalue weighted by Crippen LogP contribution is 2.41. The molecule has 0 radical (unpaired) electrons. The molecule has 1 fully saturated rings. The van der Waals surface area contributed by atoms with E-state index in [1.54, 1.807) is 7.11 Å². The Morgan fingerprint density at radius 3 is 2.69 bits per heavy atom. The topological polar surface area (TPSA) is 99.1 Å². The van der Waals surface area contributed by atoms with Crippen LogP contribution in [-0.2, 0) is 12.1 Å². The molecule has 7 nitrogen and oxygen atoms in total. The fraction of sp³-hybridized carbons (Fsp3) is 0.421. The van der Waals surface area contributed by atoms with E-state index in [2.05, 4.69) is 26.3 Å². The summed E-state index contributed by atoms with van der Waals surface area (Å²) in [5.41, 5.74) is 8.75. The van der Waals surface area contributed by atoms with Crippen molar-refractivity contribution in [1.29, 1.82) is 0 Å². The predicted molar refractivity (Wildman–Crippen MR) is 98.8 cm³/mol. The monoisotopic (exact) mass is 353 g/mol. The van der Waals surface area contributed by atoms with Gasteiger partial charge in [-0.1, -0.05) is 6.07 Å². The second-order valence-electron chi connectivity index (χ2n) is 6.87. The Labute approximate surface area is 152 Å². The van der Waals surface area contributed by atoms with Gasteiger partial charge in [-0.2, -0.15) is 4.98 Å². The molecule has 26 heavy (non-hydrogen) atoms. The van der Waals surface area contributed by atoms with Gasteiger partial charge in [0.2, 0.25) is 11.6 Å². The molecule has 4 rings (SSSR count). The van der Waals surface area contributed by atoms with Crippen LogP contribution in [0.4, 0.5) is 5.82 Å². The lowest BCUT2D eigenvalue weighted by atomic mass is 9.72. The van der Waals surface area contributed by atoms with Crippen molar-refractivity contribution in [3.05, 3.63) is 41.0 Å². The number of nitrogens with two attached hydrogens (primary N) is 1. The second kappa shape index (κ2) is 6.25. The minimum atomic E-state index is -0.0959. The van der Waals surface area contributed by atoms with Gasteiger partial charge in [0.15, 0.2) is 0 Å². The first-order valence-corrected chi connectivity index (χ1v) is 8.80. The molecule has 0 aliphatic heterocycles. The van der Waals surface area contributed by atoms with Crippen molar-refractivity contribution in [1.82, 2.24) is 20.3 Å². The molecule has 0 unspecified atom stereocenters. The summed E-state index contributed by atoms with van der Waals surface area (Å²) in [4.78, 5) is 13.4. The van der Waals surface area contributed by atoms with Crippen molar-refractivity contribution < 1.29 is 9.15 Å². The number of nitrogens with one attached hydrogen (secondary N) is 1. The maximum Gasteiger partial charge on any atom is 0.231 e. The highest BCUT2D eigenvalue weighted by Gasteiger charge is 2.38. The number of anilines is 1. The fourth-order valence-electron chi connectivity index (χ4n) is 3.54. The van der Waals surface area contributed by atoms with Gasteiger partial charge in [0.25, 0.3) is 0 Å². The van der Waals surface area contributed by atoms with E-state index >= 15 is 0 Å². The Balaban J connectivity index is 1.58. The second-order valence-corrected chi connectivity index (χ2v) is 6.87. The molecular formula is C19H23N5O2. The van der Waals surface area contributed by atoms with Crippen LogP contribution in [-0.4, -0.2) is 22.1 Å². The summed E-state index contributed by atoms with van der Waals surface area (Å²) in [5, 5.41) is 4.42. The van der Waals surface area contributed by atoms with Crippen LogP contribution in [0.1, 0.15) is 42.0 Å². The van der Waals surface area contributed by atoms with Gasteiger partial charge in [-0.05, 0) is 38.7 Å². The van der Waals surface area contributed by atoms with Gasteiger partial charge in [0.1, 0.15) is 17.4 Å². The van der Waals surface area contributed by atoms with E-state index in [0.29, 0.717) is 29.8 Å². The fourth-order valence-corrected chi connectivity index (χ4v) is 3.54. The number of furan rings is 1. The van der Waals surface area contributed by atoms with Crippen molar-refractivity contribution in [2.75, 3.05) is 12.8 Å². The number of rotatable bonds is 5. The quantitative estimate of drug-likeness (QED) is 0.727. The number of nitrogen functional groups attached to an aromatic ring is 1. The molecule has 3 aromatic rings. The Bertz CT molecular complexity index is 945. The molecular weight excluding hydrogens is 330 g/mol. The van der Waals surface area contributed by atoms with Crippen molar-refractivity contribution in [3.8, 4) is 5.88 Å². The summed E-state index contributed by atoms with van der Waals surface area (Å²) < 4.78 is 10.9. The first kappa shape index (κ1) is 16.8. The standard InChI is InChI=1S/C19H23N5O2/c1-11-12(2)26-18-16(11)17(20)23-14(24-18)10-22-19(7-4-8-19)13-5-6-15(25-3)21-9-13/h5-6,9,22H,4,7-8,10H2,1-3H3,(H2,20,23,24). The van der Waals surface area contributed by atoms with Crippen LogP contribution < -0.4 is 15.8 Å². The van der Waals surface area contributed by atoms with E-state index in [1.807, 2.05) is 26.1 Å². The Kier molecular flexibility index (Phi) is 4.03. The van der Waals surface area contributed by atoms with Crippen LogP contribution >= 0.6 is 0 Å². The number of aromatic nitrogens is 3. The first-order chi connectivity index (χ1) is 12.5. The molecule has 0 saturated heterocycles. The molecule has 3 N–H and O–H groups in total. The zero-order chi connectivity index (χ0) is 18.3. The number of pyridine rings is 1. The lowest BCUT2D eigenvalue weighted by molar-refractivity contribution is 0.181. The lowest BCUT2D eigenvalue weighted by Crippen LogP contribution is -2.47. The van der Waals surface area contributed by atoms with Crippen LogP contribution in [0.2, 0.25) is 0 Å². The molecule has 3 heterocycles. The summed E-state index contributed by atoms with van der Waals surface area (Å²) in [6, 6.07) is 3.96. The largest absolute Gasteiger partial charge is 0.481 e. The van der Waals surface area contributed by atoms with Crippen molar-refractivity contribution >= 4 is 16.9 Å². The van der Waals surface area contributed by atoms with Gasteiger partial charge in [0, 0.05) is 23.4 Å². The minimum Gasteiger partial charge on any atom is -0.481 e. The number of aryl methyl sites for hydroxylation is 2. The zero-order valence-corrected chi connectivity index (χ0v) is 15.3. The molecule has 7 heteroatoms. The third-order valence-electron chi connectivity index (χ3n) is 5.39. The Morgan fingerprint density at radius 2 is 2.08 bits per heavy atom. The number of hydrogen-bond donors (Lipinski definition) is 2. The normalized spacial score (nSPS) is 15.8. The summed E-state index contributed by atoms with van der Waals surface area (Å²) in [6.45, 7) is 4.40. The molecule has 136 valence electrons. The maximum atomic E-state index is 6.14. The van der Waals surface area contributed by atoms with Gasteiger partial charge in [-0.25, -0.2) is 9.97 Å². The third kappa shape index (κ3) is 2.68. The van der Waals surface area contributed by atoms with Crippen molar-refractivity contribution in [2.24, 2.45) is 0 Å². The zero-order valence-electron chi connectivity index (χ0n) is 15.3. The molecule has 0 aromatic carbocycles. The smallest absolute Gasteiger partial charge is 0.231 e. The molecule has 0 spiro atoms. The molecule has 1 saturated carbocycles. The number of ether oxygens (including phenoxy) is 1. The van der Waals surface area contributed by atoms with E-state index in [0.717, 1.165) is 35.1 Å². The minimum absolute atomic E-state index is 0.0959. The SMILES string of the molecule is COc1ccc(C2(NCc3nc(N)c4c(C)c(C)oc4n3)CCC2)cn1. The summed E-state index contributed by atoms with van der Waals surface area (Å²) in [5.74, 6) is 2.55. The number of nitrogens with zero attached hydrogens (tertiary/aromatic N) is 3. The number of fused-ring (bicyclic) bond motifs is 1. The van der Waals surface area contributed by atoms with E-state index < -0.39 is 0 Å². The van der Waals surface area contributed by atoms with Gasteiger partial charge in [-0.15, -0.1) is 0 Å². The predicted octanol–water partition coefficient (Wildman–Crippen LogP) is 2.99. The van der Waals surface area contributed by atoms with E-state index in [-0.39, 0.29) is 5.54 Å². The van der Waals surface area contributed by atoms with Gasteiger partial charge < -0.3 is 20.2 Å². The van der Waals surface area contributed by atoms with E-state index in [1.165, 1.54) is 6.42 Å². The van der Waals surface area contributed by atoms with Gasteiger partial charge >= 0.3 is 0 Å². The van der Waals surface area contributed by atoms with Gasteiger partial charge in [-0.3, -0.25) is 0 Å². The Hall–Kier alpha value is -2.67. The van der Waals surface area contributed by atoms with Crippen LogP contribution in [0, 0.1) is 13.8 Å². The van der Waals surface area contributed by atoms with E-state index in [4.69, 9.17) is 14.9 Å². The summed E-state index contributed by atoms with van der Waals surface area (Å²) in [7, 11) is 1.62. The van der Waals surface area contributed by atoms with Crippen LogP contribution in [0.3, 0.4) is 0 Å². The molecule has 0 atom stereocenters. The summed E-state index contributed by atoms with van der Waals surface area (Å²) >= 11 is 0. The molecule has 0 amide bonds. The Morgan fingerprint density at radius 1 is 1.27 bits per heavy atom. The van der Waals surface area contributed by atoms with Crippen LogP contribution in [0.15, 0.2) is 22.7 Å². The van der Waals surface area contributed by atoms with Crippen LogP contribution in [0.25, 0.3) is 11.1 Å². The highest BCUT2D eigenvalue weighted by molar-refractivity contribution is 5.88. The van der Waals surface area contributed by atoms with Crippen molar-refractivity contribution in [2.45, 2.75) is 45.2 Å². The molecule has 3 aromatic heterocycles. The lowest BCUT2D eigenvalue weighted by Gasteiger charge is -2.43. The first-order valence-electron chi connectivity index (χ1n) is 8.80. The average Bonchev–Trinajstić information content (AvgIpc) is 2.89. The average molecular weight is 353 g/mol. The maximum absolute atomic E-state index is 6.14. The number of hydrogen-bond acceptors (Lipinski definition) is 7. The third-order valence-corrected chi connectivity index (χ3v) is 5.39. The van der Waals surface area contributed by atoms with Crippen molar-refractivity contribution in [3.63, 3.8) is 0 Å². The molecule has 1 aliphatic carbocycles. The van der Waals surface area contributed by atoms with E-state index in [9.17, 15) is 0 Å². The molecule has 1 aliphatic rings.